The van der Waals surface area contributed by atoms with Crippen molar-refractivity contribution in [3.8, 4) is 5.69 Å². The van der Waals surface area contributed by atoms with Crippen LogP contribution >= 0.6 is 24.0 Å². The molecule has 0 radical (unpaired) electrons. The third-order valence-corrected chi connectivity index (χ3v) is 3.89. The van der Waals surface area contributed by atoms with Crippen molar-refractivity contribution < 1.29 is 0 Å². The Labute approximate surface area is 135 Å². The minimum atomic E-state index is 0. The van der Waals surface area contributed by atoms with Crippen molar-refractivity contribution in [2.75, 3.05) is 19.6 Å². The largest absolute Gasteiger partial charge is 0.314 e. The molecule has 0 saturated carbocycles. The van der Waals surface area contributed by atoms with Gasteiger partial charge in [-0.25, -0.2) is 4.68 Å². The number of nitrogens with zero attached hydrogens (tertiary/aromatic N) is 4. The quantitative estimate of drug-likeness (QED) is 0.938. The van der Waals surface area contributed by atoms with E-state index >= 15 is 0 Å². The Morgan fingerprint density at radius 3 is 2.81 bits per heavy atom. The van der Waals surface area contributed by atoms with Crippen molar-refractivity contribution in [1.82, 2.24) is 25.2 Å². The van der Waals surface area contributed by atoms with Crippen LogP contribution in [0.3, 0.4) is 0 Å². The number of halogens is 2. The fraction of sp³-hybridized carbons (Fsp3) is 0.429. The van der Waals surface area contributed by atoms with Gasteiger partial charge in [-0.05, 0) is 31.2 Å². The van der Waals surface area contributed by atoms with Gasteiger partial charge in [-0.1, -0.05) is 16.8 Å². The number of aromatic nitrogens is 3. The number of benzene rings is 1. The van der Waals surface area contributed by atoms with E-state index in [4.69, 9.17) is 11.6 Å². The van der Waals surface area contributed by atoms with Crippen LogP contribution in [0.5, 0.6) is 0 Å². The standard InChI is InChI=1S/C14H18ClN5.ClH/c1-11-8-16-6-7-19(11)9-13-10-20(18-17-13)14-4-2-12(15)3-5-14;/h2-5,10-11,16H,6-9H2,1H3;1H/t11-;/m0./s1. The van der Waals surface area contributed by atoms with E-state index in [1.54, 1.807) is 4.68 Å². The second kappa shape index (κ2) is 7.22. The maximum atomic E-state index is 5.89. The predicted molar refractivity (Wildman–Crippen MR) is 86.4 cm³/mol. The second-order valence-electron chi connectivity index (χ2n) is 5.15. The van der Waals surface area contributed by atoms with Crippen molar-refractivity contribution >= 4 is 24.0 Å². The minimum Gasteiger partial charge on any atom is -0.314 e. The van der Waals surface area contributed by atoms with E-state index < -0.39 is 0 Å². The molecule has 114 valence electrons. The number of nitrogens with one attached hydrogen (secondary N) is 1. The van der Waals surface area contributed by atoms with Gasteiger partial charge in [0.2, 0.25) is 0 Å². The number of rotatable bonds is 3. The van der Waals surface area contributed by atoms with Crippen molar-refractivity contribution in [3.05, 3.63) is 41.2 Å². The topological polar surface area (TPSA) is 46.0 Å². The number of piperazine rings is 1. The van der Waals surface area contributed by atoms with Crippen molar-refractivity contribution in [2.45, 2.75) is 19.5 Å². The summed E-state index contributed by atoms with van der Waals surface area (Å²) in [6.45, 7) is 6.20. The molecule has 1 saturated heterocycles. The Balaban J connectivity index is 0.00000161. The van der Waals surface area contributed by atoms with Crippen molar-refractivity contribution in [2.24, 2.45) is 0 Å². The molecule has 0 aliphatic carbocycles. The Morgan fingerprint density at radius 2 is 2.10 bits per heavy atom. The molecular formula is C14H19Cl2N5. The van der Waals surface area contributed by atoms with Crippen LogP contribution in [-0.2, 0) is 6.54 Å². The first kappa shape index (κ1) is 16.2. The molecule has 7 heteroatoms. The molecule has 0 unspecified atom stereocenters. The smallest absolute Gasteiger partial charge is 0.0971 e. The average Bonchev–Trinajstić information content (AvgIpc) is 2.91. The molecule has 5 nitrogen and oxygen atoms in total. The Kier molecular flexibility index (Phi) is 5.58. The van der Waals surface area contributed by atoms with E-state index in [1.165, 1.54) is 0 Å². The van der Waals surface area contributed by atoms with Gasteiger partial charge < -0.3 is 5.32 Å². The van der Waals surface area contributed by atoms with Gasteiger partial charge >= 0.3 is 0 Å². The van der Waals surface area contributed by atoms with Crippen molar-refractivity contribution in [3.63, 3.8) is 0 Å². The summed E-state index contributed by atoms with van der Waals surface area (Å²) in [5.41, 5.74) is 1.97. The molecule has 2 aromatic rings. The summed E-state index contributed by atoms with van der Waals surface area (Å²) in [4.78, 5) is 2.42. The molecule has 1 aliphatic heterocycles. The molecule has 0 amide bonds. The van der Waals surface area contributed by atoms with Gasteiger partial charge in [0.25, 0.3) is 0 Å². The summed E-state index contributed by atoms with van der Waals surface area (Å²) in [5.74, 6) is 0. The molecule has 1 aromatic carbocycles. The summed E-state index contributed by atoms with van der Waals surface area (Å²) < 4.78 is 1.79. The molecule has 2 heterocycles. The molecule has 21 heavy (non-hydrogen) atoms. The first-order chi connectivity index (χ1) is 9.72. The molecule has 0 spiro atoms. The fourth-order valence-corrected chi connectivity index (χ4v) is 2.54. The van der Waals surface area contributed by atoms with E-state index in [0.717, 1.165) is 42.6 Å². The lowest BCUT2D eigenvalue weighted by Crippen LogP contribution is -2.49. The van der Waals surface area contributed by atoms with Gasteiger partial charge in [-0.15, -0.1) is 17.5 Å². The van der Waals surface area contributed by atoms with E-state index in [0.29, 0.717) is 6.04 Å². The molecule has 1 aromatic heterocycles. The number of hydrogen-bond acceptors (Lipinski definition) is 4. The summed E-state index contributed by atoms with van der Waals surface area (Å²) in [6, 6.07) is 8.12. The summed E-state index contributed by atoms with van der Waals surface area (Å²) in [5, 5.41) is 12.6. The molecule has 1 fully saturated rings. The van der Waals surface area contributed by atoms with E-state index in [9.17, 15) is 0 Å². The lowest BCUT2D eigenvalue weighted by molar-refractivity contribution is 0.163. The van der Waals surface area contributed by atoms with Crippen LogP contribution in [0, 0.1) is 0 Å². The SMILES string of the molecule is C[C@H]1CNCCN1Cc1cn(-c2ccc(Cl)cc2)nn1.Cl. The molecule has 1 atom stereocenters. The van der Waals surface area contributed by atoms with E-state index in [-0.39, 0.29) is 12.4 Å². The lowest BCUT2D eigenvalue weighted by Gasteiger charge is -2.33. The van der Waals surface area contributed by atoms with E-state index in [1.807, 2.05) is 30.5 Å². The monoisotopic (exact) mass is 327 g/mol. The van der Waals surface area contributed by atoms with Crippen LogP contribution in [0.25, 0.3) is 5.69 Å². The van der Waals surface area contributed by atoms with Crippen molar-refractivity contribution in [1.29, 1.82) is 0 Å². The third kappa shape index (κ3) is 3.95. The van der Waals surface area contributed by atoms with Gasteiger partial charge in [0.05, 0.1) is 17.6 Å². The highest BCUT2D eigenvalue weighted by molar-refractivity contribution is 6.30. The molecule has 3 rings (SSSR count). The fourth-order valence-electron chi connectivity index (χ4n) is 2.42. The van der Waals surface area contributed by atoms with Crippen LogP contribution in [0.15, 0.2) is 30.5 Å². The normalized spacial score (nSPS) is 19.2. The predicted octanol–water partition coefficient (Wildman–Crippen LogP) is 2.14. The lowest BCUT2D eigenvalue weighted by atomic mass is 10.2. The molecule has 1 aliphatic rings. The Bertz CT molecular complexity index is 569. The van der Waals surface area contributed by atoms with Crippen LogP contribution in [-0.4, -0.2) is 45.6 Å². The van der Waals surface area contributed by atoms with Gasteiger partial charge in [0, 0.05) is 37.2 Å². The van der Waals surface area contributed by atoms with Gasteiger partial charge in [-0.2, -0.15) is 0 Å². The Hall–Kier alpha value is -1.14. The zero-order valence-electron chi connectivity index (χ0n) is 11.9. The summed E-state index contributed by atoms with van der Waals surface area (Å²) in [7, 11) is 0. The Morgan fingerprint density at radius 1 is 1.33 bits per heavy atom. The van der Waals surface area contributed by atoms with E-state index in [2.05, 4.69) is 27.5 Å². The van der Waals surface area contributed by atoms with Gasteiger partial charge in [0.15, 0.2) is 0 Å². The second-order valence-corrected chi connectivity index (χ2v) is 5.59. The highest BCUT2D eigenvalue weighted by atomic mass is 35.5. The zero-order chi connectivity index (χ0) is 13.9. The van der Waals surface area contributed by atoms with Gasteiger partial charge in [0.1, 0.15) is 0 Å². The highest BCUT2D eigenvalue weighted by Gasteiger charge is 2.19. The minimum absolute atomic E-state index is 0. The third-order valence-electron chi connectivity index (χ3n) is 3.64. The van der Waals surface area contributed by atoms with Crippen LogP contribution in [0.4, 0.5) is 0 Å². The summed E-state index contributed by atoms with van der Waals surface area (Å²) in [6.07, 6.45) is 1.98. The zero-order valence-corrected chi connectivity index (χ0v) is 13.4. The maximum Gasteiger partial charge on any atom is 0.0971 e. The van der Waals surface area contributed by atoms with Crippen LogP contribution in [0.2, 0.25) is 5.02 Å². The average molecular weight is 328 g/mol. The molecule has 0 bridgehead atoms. The van der Waals surface area contributed by atoms with Gasteiger partial charge in [-0.3, -0.25) is 4.90 Å². The molecular weight excluding hydrogens is 309 g/mol. The highest BCUT2D eigenvalue weighted by Crippen LogP contribution is 2.14. The van der Waals surface area contributed by atoms with Crippen LogP contribution < -0.4 is 5.32 Å². The first-order valence-electron chi connectivity index (χ1n) is 6.84. The van der Waals surface area contributed by atoms with Crippen LogP contribution in [0.1, 0.15) is 12.6 Å². The summed E-state index contributed by atoms with van der Waals surface area (Å²) >= 11 is 5.89. The number of hydrogen-bond donors (Lipinski definition) is 1. The molecule has 1 N–H and O–H groups in total. The first-order valence-corrected chi connectivity index (χ1v) is 7.22. The maximum absolute atomic E-state index is 5.89.